The maximum atomic E-state index is 13.4. The van der Waals surface area contributed by atoms with Crippen molar-refractivity contribution in [3.63, 3.8) is 0 Å². The minimum atomic E-state index is -0.474. The summed E-state index contributed by atoms with van der Waals surface area (Å²) in [6, 6.07) is 8.10. The number of benzene rings is 1. The first-order valence-corrected chi connectivity index (χ1v) is 10.2. The van der Waals surface area contributed by atoms with Gasteiger partial charge in [-0.15, -0.1) is 0 Å². The van der Waals surface area contributed by atoms with Crippen molar-refractivity contribution < 1.29 is 14.5 Å². The highest BCUT2D eigenvalue weighted by Gasteiger charge is 2.23. The molecule has 10 nitrogen and oxygen atoms in total. The molecule has 3 heterocycles. The molecular formula is C21H24N6O4. The Morgan fingerprint density at radius 1 is 1.23 bits per heavy atom. The van der Waals surface area contributed by atoms with Crippen LogP contribution in [0, 0.1) is 10.1 Å². The summed E-state index contributed by atoms with van der Waals surface area (Å²) in [6.45, 7) is 5.08. The summed E-state index contributed by atoms with van der Waals surface area (Å²) < 4.78 is 5.39. The van der Waals surface area contributed by atoms with Crippen LogP contribution in [0.1, 0.15) is 22.5 Å². The Morgan fingerprint density at radius 3 is 2.74 bits per heavy atom. The van der Waals surface area contributed by atoms with Crippen LogP contribution in [-0.4, -0.2) is 75.2 Å². The van der Waals surface area contributed by atoms with E-state index in [1.54, 1.807) is 23.4 Å². The summed E-state index contributed by atoms with van der Waals surface area (Å²) in [4.78, 5) is 32.2. The lowest BCUT2D eigenvalue weighted by atomic mass is 10.1. The van der Waals surface area contributed by atoms with Gasteiger partial charge >= 0.3 is 0 Å². The van der Waals surface area contributed by atoms with E-state index in [1.807, 2.05) is 12.1 Å². The molecule has 4 rings (SSSR count). The third kappa shape index (κ3) is 5.04. The average Bonchev–Trinajstić information content (AvgIpc) is 3.22. The van der Waals surface area contributed by atoms with Gasteiger partial charge in [-0.3, -0.25) is 29.9 Å². The fourth-order valence-corrected chi connectivity index (χ4v) is 3.70. The molecule has 0 spiro atoms. The highest BCUT2D eigenvalue weighted by molar-refractivity contribution is 6.05. The molecule has 162 valence electrons. The SMILES string of the molecule is O=C(c1n[nH]c2ccc([N+](=O)[O-])cc12)N(CCCN1CCOCC1)Cc1ccncc1. The van der Waals surface area contributed by atoms with Gasteiger partial charge in [-0.05, 0) is 30.2 Å². The minimum Gasteiger partial charge on any atom is -0.379 e. The van der Waals surface area contributed by atoms with Gasteiger partial charge in [0.15, 0.2) is 5.69 Å². The topological polar surface area (TPSA) is 117 Å². The number of carbonyl (C=O) groups excluding carboxylic acids is 1. The molecule has 2 aromatic heterocycles. The number of nitrogens with zero attached hydrogens (tertiary/aromatic N) is 5. The number of morpholine rings is 1. The Bertz CT molecular complexity index is 1050. The lowest BCUT2D eigenvalue weighted by molar-refractivity contribution is -0.384. The number of pyridine rings is 1. The summed E-state index contributed by atoms with van der Waals surface area (Å²) in [5.41, 5.74) is 1.67. The molecule has 0 saturated carbocycles. The molecule has 10 heteroatoms. The molecule has 1 aliphatic rings. The molecule has 0 bridgehead atoms. The molecular weight excluding hydrogens is 400 g/mol. The monoisotopic (exact) mass is 424 g/mol. The standard InChI is InChI=1S/C21H24N6O4/c28-21(20-18-14-17(27(29)30)2-3-19(18)23-24-20)26(15-16-4-6-22-7-5-16)9-1-8-25-10-12-31-13-11-25/h2-7,14H,1,8-13,15H2,(H,23,24). The van der Waals surface area contributed by atoms with Gasteiger partial charge in [-0.2, -0.15) is 5.10 Å². The van der Waals surface area contributed by atoms with E-state index in [4.69, 9.17) is 4.74 Å². The lowest BCUT2D eigenvalue weighted by Crippen LogP contribution is -2.39. The molecule has 1 N–H and O–H groups in total. The second kappa shape index (κ2) is 9.63. The highest BCUT2D eigenvalue weighted by atomic mass is 16.6. The molecule has 0 aliphatic carbocycles. The van der Waals surface area contributed by atoms with Gasteiger partial charge in [0.2, 0.25) is 0 Å². The quantitative estimate of drug-likeness (QED) is 0.435. The van der Waals surface area contributed by atoms with Gasteiger partial charge < -0.3 is 9.64 Å². The van der Waals surface area contributed by atoms with Crippen molar-refractivity contribution in [1.82, 2.24) is 25.0 Å². The van der Waals surface area contributed by atoms with Crippen LogP contribution in [-0.2, 0) is 11.3 Å². The molecule has 1 fully saturated rings. The number of H-pyrrole nitrogens is 1. The number of carbonyl (C=O) groups is 1. The molecule has 1 aromatic carbocycles. The summed E-state index contributed by atoms with van der Waals surface area (Å²) in [5, 5.41) is 18.6. The van der Waals surface area contributed by atoms with Gasteiger partial charge in [0.25, 0.3) is 11.6 Å². The number of fused-ring (bicyclic) bond motifs is 1. The Morgan fingerprint density at radius 2 is 2.00 bits per heavy atom. The second-order valence-corrected chi connectivity index (χ2v) is 7.45. The molecule has 1 aliphatic heterocycles. The van der Waals surface area contributed by atoms with Gasteiger partial charge in [-0.1, -0.05) is 0 Å². The van der Waals surface area contributed by atoms with Crippen molar-refractivity contribution >= 4 is 22.5 Å². The number of rotatable bonds is 8. The van der Waals surface area contributed by atoms with E-state index in [9.17, 15) is 14.9 Å². The largest absolute Gasteiger partial charge is 0.379 e. The summed E-state index contributed by atoms with van der Waals surface area (Å²) >= 11 is 0. The fourth-order valence-electron chi connectivity index (χ4n) is 3.70. The van der Waals surface area contributed by atoms with Crippen LogP contribution in [0.3, 0.4) is 0 Å². The number of nitrogens with one attached hydrogen (secondary N) is 1. The first-order chi connectivity index (χ1) is 15.1. The van der Waals surface area contributed by atoms with Crippen molar-refractivity contribution in [2.45, 2.75) is 13.0 Å². The van der Waals surface area contributed by atoms with Crippen molar-refractivity contribution in [2.75, 3.05) is 39.4 Å². The lowest BCUT2D eigenvalue weighted by Gasteiger charge is -2.28. The van der Waals surface area contributed by atoms with Crippen molar-refractivity contribution in [2.24, 2.45) is 0 Å². The maximum absolute atomic E-state index is 13.4. The van der Waals surface area contributed by atoms with Gasteiger partial charge in [0, 0.05) is 62.6 Å². The maximum Gasteiger partial charge on any atom is 0.275 e. The third-order valence-electron chi connectivity index (χ3n) is 5.38. The van der Waals surface area contributed by atoms with Crippen molar-refractivity contribution in [3.8, 4) is 0 Å². The van der Waals surface area contributed by atoms with Crippen molar-refractivity contribution in [3.05, 3.63) is 64.1 Å². The molecule has 0 radical (unpaired) electrons. The van der Waals surface area contributed by atoms with E-state index in [2.05, 4.69) is 20.1 Å². The summed E-state index contributed by atoms with van der Waals surface area (Å²) in [7, 11) is 0. The van der Waals surface area contributed by atoms with Crippen molar-refractivity contribution in [1.29, 1.82) is 0 Å². The van der Waals surface area contributed by atoms with Crippen LogP contribution in [0.5, 0.6) is 0 Å². The van der Waals surface area contributed by atoms with E-state index < -0.39 is 4.92 Å². The van der Waals surface area contributed by atoms with Crippen LogP contribution in [0.4, 0.5) is 5.69 Å². The van der Waals surface area contributed by atoms with E-state index in [1.165, 1.54) is 12.1 Å². The highest BCUT2D eigenvalue weighted by Crippen LogP contribution is 2.23. The fraction of sp³-hybridized carbons (Fsp3) is 0.381. The number of aromatic nitrogens is 3. The van der Waals surface area contributed by atoms with Gasteiger partial charge in [-0.25, -0.2) is 0 Å². The van der Waals surface area contributed by atoms with Crippen LogP contribution in [0.15, 0.2) is 42.7 Å². The molecule has 31 heavy (non-hydrogen) atoms. The zero-order chi connectivity index (χ0) is 21.6. The smallest absolute Gasteiger partial charge is 0.275 e. The zero-order valence-electron chi connectivity index (χ0n) is 17.1. The predicted molar refractivity (Wildman–Crippen MR) is 114 cm³/mol. The number of hydrogen-bond donors (Lipinski definition) is 1. The van der Waals surface area contributed by atoms with Gasteiger partial charge in [0.1, 0.15) is 0 Å². The Hall–Kier alpha value is -3.37. The number of aromatic amines is 1. The first-order valence-electron chi connectivity index (χ1n) is 10.2. The molecule has 1 saturated heterocycles. The van der Waals surface area contributed by atoms with Crippen LogP contribution in [0.25, 0.3) is 10.9 Å². The van der Waals surface area contributed by atoms with E-state index in [-0.39, 0.29) is 17.3 Å². The summed E-state index contributed by atoms with van der Waals surface area (Å²) in [6.07, 6.45) is 4.19. The Labute approximate surface area is 179 Å². The van der Waals surface area contributed by atoms with E-state index in [0.717, 1.165) is 44.8 Å². The number of nitro groups is 1. The van der Waals surface area contributed by atoms with Gasteiger partial charge in [0.05, 0.1) is 23.7 Å². The molecule has 0 atom stereocenters. The molecule has 1 amide bonds. The van der Waals surface area contributed by atoms with E-state index in [0.29, 0.717) is 24.0 Å². The van der Waals surface area contributed by atoms with E-state index >= 15 is 0 Å². The Kier molecular flexibility index (Phi) is 6.48. The third-order valence-corrected chi connectivity index (χ3v) is 5.38. The number of nitro benzene ring substituents is 1. The predicted octanol–water partition coefficient (Wildman–Crippen LogP) is 2.23. The van der Waals surface area contributed by atoms with Crippen LogP contribution in [0.2, 0.25) is 0 Å². The molecule has 0 unspecified atom stereocenters. The first kappa shape index (κ1) is 20.9. The number of amides is 1. The number of hydrogen-bond acceptors (Lipinski definition) is 7. The number of ether oxygens (including phenoxy) is 1. The second-order valence-electron chi connectivity index (χ2n) is 7.45. The van der Waals surface area contributed by atoms with Crippen LogP contribution >= 0.6 is 0 Å². The molecule has 3 aromatic rings. The summed E-state index contributed by atoms with van der Waals surface area (Å²) in [5.74, 6) is -0.259. The van der Waals surface area contributed by atoms with Crippen LogP contribution < -0.4 is 0 Å². The Balaban J connectivity index is 1.54. The minimum absolute atomic E-state index is 0.0732. The normalized spacial score (nSPS) is 14.6. The average molecular weight is 424 g/mol. The number of non-ortho nitro benzene ring substituents is 1. The zero-order valence-corrected chi connectivity index (χ0v) is 17.1.